The first-order chi connectivity index (χ1) is 6.04. The minimum atomic E-state index is -3.00. The van der Waals surface area contributed by atoms with Crippen molar-refractivity contribution in [2.75, 3.05) is 6.54 Å². The van der Waals surface area contributed by atoms with Crippen molar-refractivity contribution in [3.63, 3.8) is 0 Å². The topological polar surface area (TPSA) is 52.0 Å². The Balaban J connectivity index is 2.64. The highest BCUT2D eigenvalue weighted by Crippen LogP contribution is 2.25. The Bertz CT molecular complexity index is 267. The van der Waals surface area contributed by atoms with Crippen LogP contribution in [0.4, 0.5) is 8.78 Å². The van der Waals surface area contributed by atoms with Crippen LogP contribution in [-0.2, 0) is 12.3 Å². The lowest BCUT2D eigenvalue weighted by Crippen LogP contribution is -2.07. The van der Waals surface area contributed by atoms with Crippen molar-refractivity contribution in [2.24, 2.45) is 5.73 Å². The van der Waals surface area contributed by atoms with Gasteiger partial charge in [-0.2, -0.15) is 8.78 Å². The molecule has 0 saturated carbocycles. The summed E-state index contributed by atoms with van der Waals surface area (Å²) < 4.78 is 29.8. The summed E-state index contributed by atoms with van der Waals surface area (Å²) in [5, 5.41) is 0. The molecule has 0 radical (unpaired) electrons. The quantitative estimate of drug-likeness (QED) is 0.785. The van der Waals surface area contributed by atoms with Crippen molar-refractivity contribution in [2.45, 2.75) is 25.7 Å². The van der Waals surface area contributed by atoms with Gasteiger partial charge in [-0.15, -0.1) is 0 Å². The summed E-state index contributed by atoms with van der Waals surface area (Å²) in [5.41, 5.74) is 5.79. The van der Waals surface area contributed by atoms with E-state index in [1.807, 2.05) is 0 Å². The van der Waals surface area contributed by atoms with Crippen molar-refractivity contribution >= 4 is 0 Å². The Hall–Kier alpha value is -0.970. The molecule has 1 aromatic rings. The molecule has 0 fully saturated rings. The van der Waals surface area contributed by atoms with Crippen molar-refractivity contribution in [3.05, 3.63) is 17.8 Å². The lowest BCUT2D eigenvalue weighted by atomic mass is 10.2. The van der Waals surface area contributed by atoms with Crippen molar-refractivity contribution < 1.29 is 13.2 Å². The van der Waals surface area contributed by atoms with E-state index in [1.54, 1.807) is 0 Å². The zero-order valence-corrected chi connectivity index (χ0v) is 7.39. The lowest BCUT2D eigenvalue weighted by Gasteiger charge is -2.02. The highest BCUT2D eigenvalue weighted by molar-refractivity contribution is 5.00. The van der Waals surface area contributed by atoms with Crippen molar-refractivity contribution in [3.8, 4) is 0 Å². The highest BCUT2D eigenvalue weighted by atomic mass is 19.3. The summed E-state index contributed by atoms with van der Waals surface area (Å²) in [7, 11) is 0. The number of hydrogen-bond acceptors (Lipinski definition) is 3. The molecule has 3 nitrogen and oxygen atoms in total. The molecule has 2 N–H and O–H groups in total. The van der Waals surface area contributed by atoms with Gasteiger partial charge >= 0.3 is 5.92 Å². The number of hydrogen-bond donors (Lipinski definition) is 1. The molecule has 13 heavy (non-hydrogen) atoms. The number of nitrogens with two attached hydrogens (primary N) is 1. The molecule has 0 bridgehead atoms. The van der Waals surface area contributed by atoms with E-state index in [0.29, 0.717) is 18.7 Å². The van der Waals surface area contributed by atoms with Gasteiger partial charge in [-0.3, -0.25) is 0 Å². The molecule has 0 aliphatic carbocycles. The lowest BCUT2D eigenvalue weighted by molar-refractivity contribution is -0.0109. The van der Waals surface area contributed by atoms with Crippen LogP contribution in [0.2, 0.25) is 0 Å². The van der Waals surface area contributed by atoms with Crippen LogP contribution >= 0.6 is 0 Å². The van der Waals surface area contributed by atoms with Crippen LogP contribution in [0.15, 0.2) is 10.7 Å². The van der Waals surface area contributed by atoms with Crippen LogP contribution in [0.1, 0.15) is 24.9 Å². The summed E-state index contributed by atoms with van der Waals surface area (Å²) in [4.78, 5) is 3.65. The first kappa shape index (κ1) is 10.1. The Morgan fingerprint density at radius 2 is 2.31 bits per heavy atom. The van der Waals surface area contributed by atoms with Gasteiger partial charge in [0.25, 0.3) is 5.89 Å². The summed E-state index contributed by atoms with van der Waals surface area (Å²) in [6.45, 7) is 1.27. The molecule has 0 aliphatic rings. The number of oxazole rings is 1. The van der Waals surface area contributed by atoms with Crippen molar-refractivity contribution in [1.29, 1.82) is 0 Å². The average Bonchev–Trinajstić information content (AvgIpc) is 2.47. The van der Waals surface area contributed by atoms with Gasteiger partial charge < -0.3 is 10.2 Å². The Kier molecular flexibility index (Phi) is 2.98. The number of rotatable bonds is 4. The smallest absolute Gasteiger partial charge is 0.319 e. The van der Waals surface area contributed by atoms with E-state index in [9.17, 15) is 8.78 Å². The molecular formula is C8H12F2N2O. The van der Waals surface area contributed by atoms with E-state index in [1.165, 1.54) is 6.26 Å². The first-order valence-electron chi connectivity index (χ1n) is 4.07. The standard InChI is InChI=1S/C8H12F2N2O/c1-8(9,10)7-12-6(5-13-7)3-2-4-11/h5H,2-4,11H2,1H3. The number of aromatic nitrogens is 1. The third kappa shape index (κ3) is 2.77. The number of halogens is 2. The van der Waals surface area contributed by atoms with E-state index in [0.717, 1.165) is 13.3 Å². The minimum absolute atomic E-state index is 0.519. The van der Waals surface area contributed by atoms with E-state index in [2.05, 4.69) is 9.40 Å². The minimum Gasteiger partial charge on any atom is -0.443 e. The van der Waals surface area contributed by atoms with Crippen LogP contribution in [0, 0.1) is 0 Å². The van der Waals surface area contributed by atoms with Crippen LogP contribution in [0.25, 0.3) is 0 Å². The maximum atomic E-state index is 12.6. The summed E-state index contributed by atoms with van der Waals surface area (Å²) in [5.74, 6) is -3.53. The molecular weight excluding hydrogens is 178 g/mol. The van der Waals surface area contributed by atoms with Gasteiger partial charge in [-0.25, -0.2) is 4.98 Å². The zero-order chi connectivity index (χ0) is 9.90. The van der Waals surface area contributed by atoms with E-state index in [-0.39, 0.29) is 0 Å². The Labute approximate surface area is 74.9 Å². The molecule has 0 amide bonds. The molecule has 1 heterocycles. The van der Waals surface area contributed by atoms with Gasteiger partial charge in [-0.05, 0) is 19.4 Å². The fourth-order valence-corrected chi connectivity index (χ4v) is 0.907. The van der Waals surface area contributed by atoms with Gasteiger partial charge in [0.2, 0.25) is 0 Å². The van der Waals surface area contributed by atoms with Gasteiger partial charge in [-0.1, -0.05) is 0 Å². The van der Waals surface area contributed by atoms with Gasteiger partial charge in [0, 0.05) is 6.92 Å². The molecule has 74 valence electrons. The molecule has 5 heteroatoms. The second kappa shape index (κ2) is 3.83. The maximum Gasteiger partial charge on any atom is 0.319 e. The molecule has 0 aliphatic heterocycles. The van der Waals surface area contributed by atoms with E-state index < -0.39 is 11.8 Å². The van der Waals surface area contributed by atoms with Crippen LogP contribution in [0.5, 0.6) is 0 Å². The molecule has 0 atom stereocenters. The number of nitrogens with zero attached hydrogens (tertiary/aromatic N) is 1. The normalized spacial score (nSPS) is 12.0. The predicted molar refractivity (Wildman–Crippen MR) is 43.4 cm³/mol. The summed E-state index contributed by atoms with van der Waals surface area (Å²) >= 11 is 0. The summed E-state index contributed by atoms with van der Waals surface area (Å²) in [6, 6.07) is 0. The second-order valence-electron chi connectivity index (χ2n) is 2.92. The van der Waals surface area contributed by atoms with E-state index in [4.69, 9.17) is 5.73 Å². The molecule has 0 spiro atoms. The summed E-state index contributed by atoms with van der Waals surface area (Å²) in [6.07, 6.45) is 2.56. The second-order valence-corrected chi connectivity index (χ2v) is 2.92. The number of alkyl halides is 2. The first-order valence-corrected chi connectivity index (χ1v) is 4.07. The van der Waals surface area contributed by atoms with Crippen molar-refractivity contribution in [1.82, 2.24) is 4.98 Å². The average molecular weight is 190 g/mol. The van der Waals surface area contributed by atoms with Gasteiger partial charge in [0.05, 0.1) is 5.69 Å². The third-order valence-corrected chi connectivity index (χ3v) is 1.56. The SMILES string of the molecule is CC(F)(F)c1nc(CCCN)co1. The molecule has 0 aromatic carbocycles. The molecule has 1 rings (SSSR count). The van der Waals surface area contributed by atoms with Crippen LogP contribution < -0.4 is 5.73 Å². The Morgan fingerprint density at radius 1 is 1.62 bits per heavy atom. The zero-order valence-electron chi connectivity index (χ0n) is 7.39. The molecule has 0 saturated heterocycles. The molecule has 1 aromatic heterocycles. The monoisotopic (exact) mass is 190 g/mol. The third-order valence-electron chi connectivity index (χ3n) is 1.56. The highest BCUT2D eigenvalue weighted by Gasteiger charge is 2.30. The molecule has 0 unspecified atom stereocenters. The predicted octanol–water partition coefficient (Wildman–Crippen LogP) is 1.68. The van der Waals surface area contributed by atoms with Gasteiger partial charge in [0.1, 0.15) is 6.26 Å². The fraction of sp³-hybridized carbons (Fsp3) is 0.625. The largest absolute Gasteiger partial charge is 0.443 e. The Morgan fingerprint density at radius 3 is 2.77 bits per heavy atom. The van der Waals surface area contributed by atoms with E-state index >= 15 is 0 Å². The van der Waals surface area contributed by atoms with Crippen LogP contribution in [0.3, 0.4) is 0 Å². The van der Waals surface area contributed by atoms with Gasteiger partial charge in [0.15, 0.2) is 0 Å². The van der Waals surface area contributed by atoms with Crippen LogP contribution in [-0.4, -0.2) is 11.5 Å². The number of aryl methyl sites for hydroxylation is 1. The maximum absolute atomic E-state index is 12.6. The fourth-order valence-electron chi connectivity index (χ4n) is 0.907.